The van der Waals surface area contributed by atoms with Crippen molar-refractivity contribution in [3.63, 3.8) is 0 Å². The van der Waals surface area contributed by atoms with E-state index in [2.05, 4.69) is 20.5 Å². The summed E-state index contributed by atoms with van der Waals surface area (Å²) in [6.07, 6.45) is 1.70. The topological polar surface area (TPSA) is 70.7 Å². The molecule has 0 unspecified atom stereocenters. The molecule has 5 heteroatoms. The van der Waals surface area contributed by atoms with Crippen molar-refractivity contribution in [2.24, 2.45) is 0 Å². The Labute approximate surface area is 128 Å². The van der Waals surface area contributed by atoms with Crippen molar-refractivity contribution >= 4 is 5.91 Å². The summed E-state index contributed by atoms with van der Waals surface area (Å²) in [4.78, 5) is 16.5. The standard InChI is InChI=1S/C17H16N4O/c1-12(13-7-3-2-4-8-13)19-17(22)16-11-15(20-21-16)14-9-5-6-10-18-14/h2-12H,1H3,(H,19,22)(H,20,21)/t12-/m1/s1. The molecule has 22 heavy (non-hydrogen) atoms. The van der Waals surface area contributed by atoms with Crippen LogP contribution in [0.4, 0.5) is 0 Å². The molecule has 1 amide bonds. The SMILES string of the molecule is C[C@@H](NC(=O)c1cc(-c2ccccn2)n[nH]1)c1ccccc1. The molecule has 0 aliphatic carbocycles. The molecule has 0 saturated heterocycles. The van der Waals surface area contributed by atoms with Crippen LogP contribution in [-0.2, 0) is 0 Å². The van der Waals surface area contributed by atoms with Gasteiger partial charge < -0.3 is 5.32 Å². The molecule has 0 aliphatic heterocycles. The molecular weight excluding hydrogens is 276 g/mol. The van der Waals surface area contributed by atoms with Gasteiger partial charge in [-0.3, -0.25) is 14.9 Å². The first-order chi connectivity index (χ1) is 10.7. The molecule has 2 N–H and O–H groups in total. The van der Waals surface area contributed by atoms with E-state index in [1.807, 2.05) is 55.5 Å². The van der Waals surface area contributed by atoms with Crippen LogP contribution in [0.15, 0.2) is 60.8 Å². The molecular formula is C17H16N4O. The van der Waals surface area contributed by atoms with Crippen molar-refractivity contribution in [1.29, 1.82) is 0 Å². The number of hydrogen-bond acceptors (Lipinski definition) is 3. The predicted molar refractivity (Wildman–Crippen MR) is 84.1 cm³/mol. The Balaban J connectivity index is 1.72. The zero-order valence-electron chi connectivity index (χ0n) is 12.2. The maximum atomic E-state index is 12.3. The molecule has 0 spiro atoms. The Morgan fingerprint density at radius 2 is 1.86 bits per heavy atom. The zero-order chi connectivity index (χ0) is 15.4. The highest BCUT2D eigenvalue weighted by atomic mass is 16.2. The molecule has 2 aromatic heterocycles. The number of aromatic amines is 1. The van der Waals surface area contributed by atoms with Crippen molar-refractivity contribution in [2.45, 2.75) is 13.0 Å². The Kier molecular flexibility index (Phi) is 3.96. The summed E-state index contributed by atoms with van der Waals surface area (Å²) in [6, 6.07) is 17.0. The number of pyridine rings is 1. The van der Waals surface area contributed by atoms with Crippen LogP contribution in [-0.4, -0.2) is 21.1 Å². The largest absolute Gasteiger partial charge is 0.344 e. The maximum absolute atomic E-state index is 12.3. The van der Waals surface area contributed by atoms with E-state index in [9.17, 15) is 4.79 Å². The first-order valence-corrected chi connectivity index (χ1v) is 7.06. The minimum Gasteiger partial charge on any atom is -0.344 e. The summed E-state index contributed by atoms with van der Waals surface area (Å²) < 4.78 is 0. The summed E-state index contributed by atoms with van der Waals surface area (Å²) in [7, 11) is 0. The van der Waals surface area contributed by atoms with E-state index in [1.165, 1.54) is 0 Å². The van der Waals surface area contributed by atoms with Crippen LogP contribution in [0.25, 0.3) is 11.4 Å². The number of carbonyl (C=O) groups is 1. The lowest BCUT2D eigenvalue weighted by Gasteiger charge is -2.13. The van der Waals surface area contributed by atoms with Gasteiger partial charge >= 0.3 is 0 Å². The second-order valence-corrected chi connectivity index (χ2v) is 4.99. The van der Waals surface area contributed by atoms with E-state index < -0.39 is 0 Å². The monoisotopic (exact) mass is 292 g/mol. The molecule has 5 nitrogen and oxygen atoms in total. The van der Waals surface area contributed by atoms with Crippen LogP contribution in [0.3, 0.4) is 0 Å². The van der Waals surface area contributed by atoms with E-state index in [4.69, 9.17) is 0 Å². The highest BCUT2D eigenvalue weighted by molar-refractivity contribution is 5.93. The van der Waals surface area contributed by atoms with E-state index in [0.29, 0.717) is 11.4 Å². The number of aromatic nitrogens is 3. The van der Waals surface area contributed by atoms with Gasteiger partial charge in [-0.15, -0.1) is 0 Å². The first kappa shape index (κ1) is 14.0. The molecule has 1 atom stereocenters. The molecule has 2 heterocycles. The molecule has 0 radical (unpaired) electrons. The van der Waals surface area contributed by atoms with Gasteiger partial charge in [-0.25, -0.2) is 0 Å². The smallest absolute Gasteiger partial charge is 0.269 e. The van der Waals surface area contributed by atoms with Gasteiger partial charge in [-0.2, -0.15) is 5.10 Å². The minimum absolute atomic E-state index is 0.0738. The van der Waals surface area contributed by atoms with E-state index in [-0.39, 0.29) is 11.9 Å². The fourth-order valence-corrected chi connectivity index (χ4v) is 2.18. The van der Waals surface area contributed by atoms with E-state index in [1.54, 1.807) is 12.3 Å². The lowest BCUT2D eigenvalue weighted by molar-refractivity contribution is 0.0935. The number of nitrogens with one attached hydrogen (secondary N) is 2. The fourth-order valence-electron chi connectivity index (χ4n) is 2.18. The molecule has 3 rings (SSSR count). The molecule has 0 fully saturated rings. The third-order valence-corrected chi connectivity index (χ3v) is 3.40. The second kappa shape index (κ2) is 6.22. The molecule has 110 valence electrons. The number of H-pyrrole nitrogens is 1. The van der Waals surface area contributed by atoms with Gasteiger partial charge in [0.25, 0.3) is 5.91 Å². The Morgan fingerprint density at radius 3 is 2.59 bits per heavy atom. The number of amides is 1. The number of hydrogen-bond donors (Lipinski definition) is 2. The van der Waals surface area contributed by atoms with Crippen molar-refractivity contribution < 1.29 is 4.79 Å². The van der Waals surface area contributed by atoms with Crippen LogP contribution >= 0.6 is 0 Å². The maximum Gasteiger partial charge on any atom is 0.269 e. The normalized spacial score (nSPS) is 11.9. The third kappa shape index (κ3) is 3.03. The fraction of sp³-hybridized carbons (Fsp3) is 0.118. The van der Waals surface area contributed by atoms with Gasteiger partial charge in [-0.1, -0.05) is 36.4 Å². The van der Waals surface area contributed by atoms with Gasteiger partial charge in [0.1, 0.15) is 11.4 Å². The molecule has 0 aliphatic rings. The quantitative estimate of drug-likeness (QED) is 0.776. The first-order valence-electron chi connectivity index (χ1n) is 7.06. The third-order valence-electron chi connectivity index (χ3n) is 3.40. The van der Waals surface area contributed by atoms with Crippen molar-refractivity contribution in [1.82, 2.24) is 20.5 Å². The average Bonchev–Trinajstić information content (AvgIpc) is 3.06. The predicted octanol–water partition coefficient (Wildman–Crippen LogP) is 2.96. The number of nitrogens with zero attached hydrogens (tertiary/aromatic N) is 2. The summed E-state index contributed by atoms with van der Waals surface area (Å²) in [5.74, 6) is -0.189. The molecule has 1 aromatic carbocycles. The van der Waals surface area contributed by atoms with Crippen LogP contribution in [0.1, 0.15) is 29.0 Å². The van der Waals surface area contributed by atoms with Crippen molar-refractivity contribution in [3.05, 3.63) is 72.1 Å². The van der Waals surface area contributed by atoms with Crippen molar-refractivity contribution in [3.8, 4) is 11.4 Å². The molecule has 3 aromatic rings. The zero-order valence-corrected chi connectivity index (χ0v) is 12.2. The Morgan fingerprint density at radius 1 is 1.09 bits per heavy atom. The van der Waals surface area contributed by atoms with Gasteiger partial charge in [0.15, 0.2) is 0 Å². The number of rotatable bonds is 4. The highest BCUT2D eigenvalue weighted by Gasteiger charge is 2.14. The summed E-state index contributed by atoms with van der Waals surface area (Å²) in [5.41, 5.74) is 2.86. The average molecular weight is 292 g/mol. The summed E-state index contributed by atoms with van der Waals surface area (Å²) in [6.45, 7) is 1.95. The van der Waals surface area contributed by atoms with E-state index in [0.717, 1.165) is 11.3 Å². The highest BCUT2D eigenvalue weighted by Crippen LogP contribution is 2.16. The lowest BCUT2D eigenvalue weighted by atomic mass is 10.1. The Hall–Kier alpha value is -2.95. The van der Waals surface area contributed by atoms with Gasteiger partial charge in [0, 0.05) is 6.20 Å². The summed E-state index contributed by atoms with van der Waals surface area (Å²) >= 11 is 0. The van der Waals surface area contributed by atoms with Crippen molar-refractivity contribution in [2.75, 3.05) is 0 Å². The van der Waals surface area contributed by atoms with Crippen LogP contribution < -0.4 is 5.32 Å². The molecule has 0 saturated carbocycles. The Bertz CT molecular complexity index is 753. The number of carbonyl (C=O) groups excluding carboxylic acids is 1. The van der Waals surface area contributed by atoms with Crippen LogP contribution in [0.5, 0.6) is 0 Å². The van der Waals surface area contributed by atoms with Gasteiger partial charge in [0.05, 0.1) is 11.7 Å². The second-order valence-electron chi connectivity index (χ2n) is 4.99. The summed E-state index contributed by atoms with van der Waals surface area (Å²) in [5, 5.41) is 9.84. The van der Waals surface area contributed by atoms with Crippen LogP contribution in [0.2, 0.25) is 0 Å². The van der Waals surface area contributed by atoms with E-state index >= 15 is 0 Å². The number of benzene rings is 1. The van der Waals surface area contributed by atoms with Gasteiger partial charge in [-0.05, 0) is 30.7 Å². The lowest BCUT2D eigenvalue weighted by Crippen LogP contribution is -2.26. The van der Waals surface area contributed by atoms with Gasteiger partial charge in [0.2, 0.25) is 0 Å². The van der Waals surface area contributed by atoms with Crippen LogP contribution in [0, 0.1) is 0 Å². The minimum atomic E-state index is -0.189. The molecule has 0 bridgehead atoms.